The third-order valence-corrected chi connectivity index (χ3v) is 4.58. The van der Waals surface area contributed by atoms with E-state index < -0.39 is 6.17 Å². The monoisotopic (exact) mass is 288 g/mol. The summed E-state index contributed by atoms with van der Waals surface area (Å²) in [6.45, 7) is 5.14. The van der Waals surface area contributed by atoms with Crippen LogP contribution in [-0.2, 0) is 0 Å². The van der Waals surface area contributed by atoms with Gasteiger partial charge >= 0.3 is 0 Å². The minimum atomic E-state index is -0.763. The van der Waals surface area contributed by atoms with Crippen molar-refractivity contribution in [2.75, 3.05) is 37.6 Å². The predicted octanol–water partition coefficient (Wildman–Crippen LogP) is 0.740. The Kier molecular flexibility index (Phi) is 4.14. The molecule has 21 heavy (non-hydrogen) atoms. The van der Waals surface area contributed by atoms with E-state index in [9.17, 15) is 5.11 Å². The summed E-state index contributed by atoms with van der Waals surface area (Å²) >= 11 is 0. The number of nitrogens with two attached hydrogens (primary N) is 2. The first kappa shape index (κ1) is 14.4. The number of rotatable bonds is 4. The molecular formula is C16H24N4O. The molecule has 2 unspecified atom stereocenters. The Hall–Kier alpha value is -1.56. The predicted molar refractivity (Wildman–Crippen MR) is 84.9 cm³/mol. The number of aliphatic hydroxyl groups is 1. The molecule has 0 spiro atoms. The van der Waals surface area contributed by atoms with Crippen LogP contribution in [0.1, 0.15) is 0 Å². The first-order chi connectivity index (χ1) is 10.1. The molecule has 2 fully saturated rings. The molecule has 0 bridgehead atoms. The largest absolute Gasteiger partial charge is 0.510 e. The number of aliphatic hydroxyl groups excluding tert-OH is 1. The maximum absolute atomic E-state index is 9.56. The Bertz CT molecular complexity index is 488. The second-order valence-corrected chi connectivity index (χ2v) is 6.13. The highest BCUT2D eigenvalue weighted by Crippen LogP contribution is 2.33. The van der Waals surface area contributed by atoms with Crippen molar-refractivity contribution in [3.63, 3.8) is 0 Å². The zero-order valence-corrected chi connectivity index (χ0v) is 12.2. The zero-order valence-electron chi connectivity index (χ0n) is 12.2. The lowest BCUT2D eigenvalue weighted by Crippen LogP contribution is -2.34. The summed E-state index contributed by atoms with van der Waals surface area (Å²) in [5, 5.41) is 9.56. The summed E-state index contributed by atoms with van der Waals surface area (Å²) in [6.07, 6.45) is 0.974. The molecular weight excluding hydrogens is 264 g/mol. The molecule has 5 nitrogen and oxygen atoms in total. The second kappa shape index (κ2) is 6.05. The molecule has 0 aliphatic carbocycles. The number of hydrogen-bond donors (Lipinski definition) is 3. The summed E-state index contributed by atoms with van der Waals surface area (Å²) < 4.78 is 0. The third kappa shape index (κ3) is 3.20. The van der Waals surface area contributed by atoms with Gasteiger partial charge in [0.2, 0.25) is 0 Å². The summed E-state index contributed by atoms with van der Waals surface area (Å²) in [6, 6.07) is 10.6. The van der Waals surface area contributed by atoms with Crippen molar-refractivity contribution in [2.45, 2.75) is 6.17 Å². The summed E-state index contributed by atoms with van der Waals surface area (Å²) in [4.78, 5) is 4.85. The molecule has 0 aromatic heterocycles. The average Bonchev–Trinajstić information content (AvgIpc) is 3.03. The van der Waals surface area contributed by atoms with Gasteiger partial charge in [-0.25, -0.2) is 0 Å². The minimum Gasteiger partial charge on any atom is -0.510 e. The van der Waals surface area contributed by atoms with Crippen LogP contribution in [0.3, 0.4) is 0 Å². The average molecular weight is 288 g/mol. The van der Waals surface area contributed by atoms with E-state index in [1.807, 2.05) is 0 Å². The van der Waals surface area contributed by atoms with Gasteiger partial charge in [0.1, 0.15) is 11.9 Å². The van der Waals surface area contributed by atoms with Crippen molar-refractivity contribution < 1.29 is 5.11 Å². The molecule has 0 amide bonds. The maximum atomic E-state index is 9.56. The van der Waals surface area contributed by atoms with Gasteiger partial charge in [0.25, 0.3) is 0 Å². The van der Waals surface area contributed by atoms with Gasteiger partial charge in [-0.15, -0.1) is 0 Å². The van der Waals surface area contributed by atoms with Gasteiger partial charge in [-0.3, -0.25) is 4.90 Å². The fourth-order valence-corrected chi connectivity index (χ4v) is 3.45. The Morgan fingerprint density at radius 2 is 1.76 bits per heavy atom. The molecule has 2 aliphatic heterocycles. The van der Waals surface area contributed by atoms with Crippen LogP contribution in [0, 0.1) is 11.8 Å². The molecule has 5 N–H and O–H groups in total. The van der Waals surface area contributed by atoms with E-state index in [0.717, 1.165) is 32.7 Å². The van der Waals surface area contributed by atoms with Crippen molar-refractivity contribution in [3.05, 3.63) is 42.2 Å². The third-order valence-electron chi connectivity index (χ3n) is 4.58. The molecule has 2 atom stereocenters. The van der Waals surface area contributed by atoms with E-state index in [2.05, 4.69) is 40.1 Å². The fourth-order valence-electron chi connectivity index (χ4n) is 3.45. The number of benzene rings is 1. The maximum Gasteiger partial charge on any atom is 0.121 e. The lowest BCUT2D eigenvalue weighted by molar-refractivity contribution is 0.329. The van der Waals surface area contributed by atoms with Crippen LogP contribution in [0.2, 0.25) is 0 Å². The van der Waals surface area contributed by atoms with Crippen LogP contribution in [0.15, 0.2) is 42.2 Å². The number of hydrogen-bond acceptors (Lipinski definition) is 5. The molecule has 2 aliphatic rings. The summed E-state index contributed by atoms with van der Waals surface area (Å²) in [5.41, 5.74) is 12.2. The van der Waals surface area contributed by atoms with Gasteiger partial charge in [-0.1, -0.05) is 18.2 Å². The number of nitrogens with zero attached hydrogens (tertiary/aromatic N) is 2. The van der Waals surface area contributed by atoms with E-state index in [-0.39, 0.29) is 5.76 Å². The van der Waals surface area contributed by atoms with E-state index in [4.69, 9.17) is 11.5 Å². The van der Waals surface area contributed by atoms with Gasteiger partial charge < -0.3 is 21.5 Å². The quantitative estimate of drug-likeness (QED) is 0.562. The Balaban J connectivity index is 1.54. The van der Waals surface area contributed by atoms with Crippen LogP contribution in [-0.4, -0.2) is 48.9 Å². The minimum absolute atomic E-state index is 0.0815. The van der Waals surface area contributed by atoms with E-state index >= 15 is 0 Å². The van der Waals surface area contributed by atoms with Crippen LogP contribution in [0.5, 0.6) is 0 Å². The van der Waals surface area contributed by atoms with E-state index in [0.29, 0.717) is 11.8 Å². The number of anilines is 1. The number of para-hydroxylation sites is 1. The normalized spacial score (nSPS) is 26.6. The van der Waals surface area contributed by atoms with Gasteiger partial charge in [0.15, 0.2) is 0 Å². The van der Waals surface area contributed by atoms with Gasteiger partial charge in [-0.2, -0.15) is 0 Å². The molecule has 0 saturated carbocycles. The molecule has 2 heterocycles. The zero-order chi connectivity index (χ0) is 14.8. The molecule has 1 aromatic carbocycles. The van der Waals surface area contributed by atoms with E-state index in [1.165, 1.54) is 5.69 Å². The first-order valence-corrected chi connectivity index (χ1v) is 7.56. The summed E-state index contributed by atoms with van der Waals surface area (Å²) in [7, 11) is 0. The molecule has 5 heteroatoms. The Morgan fingerprint density at radius 1 is 1.14 bits per heavy atom. The highest BCUT2D eigenvalue weighted by molar-refractivity contribution is 5.47. The SMILES string of the molecule is NC(N)/C(O)=C/CN1CC2CN(c3ccccc3)CC2C1. The molecule has 0 radical (unpaired) electrons. The highest BCUT2D eigenvalue weighted by atomic mass is 16.3. The van der Waals surface area contributed by atoms with Crippen molar-refractivity contribution in [3.8, 4) is 0 Å². The topological polar surface area (TPSA) is 78.7 Å². The summed E-state index contributed by atoms with van der Waals surface area (Å²) in [5.74, 6) is 1.51. The van der Waals surface area contributed by atoms with Crippen molar-refractivity contribution in [1.29, 1.82) is 0 Å². The Morgan fingerprint density at radius 3 is 2.33 bits per heavy atom. The van der Waals surface area contributed by atoms with Crippen molar-refractivity contribution in [1.82, 2.24) is 4.90 Å². The highest BCUT2D eigenvalue weighted by Gasteiger charge is 2.39. The van der Waals surface area contributed by atoms with Gasteiger partial charge in [0.05, 0.1) is 0 Å². The lowest BCUT2D eigenvalue weighted by atomic mass is 10.0. The van der Waals surface area contributed by atoms with Crippen LogP contribution in [0.4, 0.5) is 5.69 Å². The lowest BCUT2D eigenvalue weighted by Gasteiger charge is -2.22. The fraction of sp³-hybridized carbons (Fsp3) is 0.500. The van der Waals surface area contributed by atoms with Gasteiger partial charge in [-0.05, 0) is 30.0 Å². The Labute approximate surface area is 125 Å². The number of fused-ring (bicyclic) bond motifs is 1. The molecule has 3 rings (SSSR count). The standard InChI is InChI=1S/C16H24N4O/c17-16(18)15(21)6-7-19-8-12-10-20(11-13(12)9-19)14-4-2-1-3-5-14/h1-6,12-13,16,21H,7-11,17-18H2/b15-6-. The number of likely N-dealkylation sites (tertiary alicyclic amines) is 1. The van der Waals surface area contributed by atoms with Crippen LogP contribution in [0.25, 0.3) is 0 Å². The van der Waals surface area contributed by atoms with Crippen LogP contribution < -0.4 is 16.4 Å². The first-order valence-electron chi connectivity index (χ1n) is 7.56. The molecule has 2 saturated heterocycles. The van der Waals surface area contributed by atoms with Crippen molar-refractivity contribution in [2.24, 2.45) is 23.3 Å². The molecule has 1 aromatic rings. The van der Waals surface area contributed by atoms with Crippen LogP contribution >= 0.6 is 0 Å². The van der Waals surface area contributed by atoms with Gasteiger partial charge in [0, 0.05) is 38.4 Å². The smallest absolute Gasteiger partial charge is 0.121 e. The molecule has 114 valence electrons. The van der Waals surface area contributed by atoms with Crippen molar-refractivity contribution >= 4 is 5.69 Å². The second-order valence-electron chi connectivity index (χ2n) is 6.13. The van der Waals surface area contributed by atoms with E-state index in [1.54, 1.807) is 6.08 Å².